The number of hydrogen-bond acceptors (Lipinski definition) is 3. The van der Waals surface area contributed by atoms with Crippen LogP contribution in [0.2, 0.25) is 0 Å². The summed E-state index contributed by atoms with van der Waals surface area (Å²) in [5, 5.41) is 8.78. The molecule has 2 heterocycles. The van der Waals surface area contributed by atoms with Crippen molar-refractivity contribution in [3.8, 4) is 11.1 Å². The third kappa shape index (κ3) is 1.99. The molecule has 0 atom stereocenters. The fourth-order valence-corrected chi connectivity index (χ4v) is 1.27. The van der Waals surface area contributed by atoms with Gasteiger partial charge >= 0.3 is 5.97 Å². The second kappa shape index (κ2) is 3.88. The van der Waals surface area contributed by atoms with Crippen LogP contribution in [0.4, 0.5) is 0 Å². The Morgan fingerprint density at radius 3 is 2.40 bits per heavy atom. The molecule has 0 spiro atoms. The molecule has 74 valence electrons. The van der Waals surface area contributed by atoms with Gasteiger partial charge in [0.1, 0.15) is 5.69 Å². The predicted molar refractivity (Wildman–Crippen MR) is 54.4 cm³/mol. The SMILES string of the molecule is O=C(O)c1cc(-c2ccncc2)ccn1. The van der Waals surface area contributed by atoms with Crippen molar-refractivity contribution in [1.82, 2.24) is 9.97 Å². The summed E-state index contributed by atoms with van der Waals surface area (Å²) in [7, 11) is 0. The van der Waals surface area contributed by atoms with Crippen LogP contribution in [0.5, 0.6) is 0 Å². The average molecular weight is 200 g/mol. The largest absolute Gasteiger partial charge is 0.477 e. The smallest absolute Gasteiger partial charge is 0.354 e. The third-order valence-corrected chi connectivity index (χ3v) is 1.99. The van der Waals surface area contributed by atoms with E-state index in [1.165, 1.54) is 12.3 Å². The van der Waals surface area contributed by atoms with Crippen LogP contribution in [-0.4, -0.2) is 21.0 Å². The van der Waals surface area contributed by atoms with E-state index in [2.05, 4.69) is 9.97 Å². The normalized spacial score (nSPS) is 9.87. The summed E-state index contributed by atoms with van der Waals surface area (Å²) in [5.74, 6) is -1.02. The molecule has 0 amide bonds. The average Bonchev–Trinajstić information content (AvgIpc) is 2.30. The molecule has 0 aromatic carbocycles. The third-order valence-electron chi connectivity index (χ3n) is 1.99. The van der Waals surface area contributed by atoms with Crippen LogP contribution >= 0.6 is 0 Å². The first-order valence-corrected chi connectivity index (χ1v) is 4.37. The van der Waals surface area contributed by atoms with Gasteiger partial charge in [0.25, 0.3) is 0 Å². The fraction of sp³-hybridized carbons (Fsp3) is 0. The van der Waals surface area contributed by atoms with E-state index in [-0.39, 0.29) is 5.69 Å². The summed E-state index contributed by atoms with van der Waals surface area (Å²) < 4.78 is 0. The van der Waals surface area contributed by atoms with E-state index < -0.39 is 5.97 Å². The minimum atomic E-state index is -1.02. The summed E-state index contributed by atoms with van der Waals surface area (Å²) in [6.07, 6.45) is 4.81. The van der Waals surface area contributed by atoms with Crippen molar-refractivity contribution in [2.45, 2.75) is 0 Å². The number of hydrogen-bond donors (Lipinski definition) is 1. The zero-order valence-corrected chi connectivity index (χ0v) is 7.79. The van der Waals surface area contributed by atoms with Crippen LogP contribution < -0.4 is 0 Å². The van der Waals surface area contributed by atoms with Crippen LogP contribution in [0.25, 0.3) is 11.1 Å². The van der Waals surface area contributed by atoms with Gasteiger partial charge in [-0.1, -0.05) is 0 Å². The van der Waals surface area contributed by atoms with Crippen molar-refractivity contribution < 1.29 is 9.90 Å². The topological polar surface area (TPSA) is 63.1 Å². The number of carboxylic acid groups (broad SMARTS) is 1. The van der Waals surface area contributed by atoms with Crippen LogP contribution in [0.15, 0.2) is 42.9 Å². The lowest BCUT2D eigenvalue weighted by molar-refractivity contribution is 0.0690. The quantitative estimate of drug-likeness (QED) is 0.803. The Kier molecular flexibility index (Phi) is 2.41. The van der Waals surface area contributed by atoms with Gasteiger partial charge in [-0.15, -0.1) is 0 Å². The van der Waals surface area contributed by atoms with E-state index in [0.29, 0.717) is 0 Å². The monoisotopic (exact) mass is 200 g/mol. The molecule has 15 heavy (non-hydrogen) atoms. The van der Waals surface area contributed by atoms with Gasteiger partial charge in [-0.25, -0.2) is 9.78 Å². The van der Waals surface area contributed by atoms with Crippen LogP contribution in [0, 0.1) is 0 Å². The standard InChI is InChI=1S/C11H8N2O2/c14-11(15)10-7-9(3-6-13-10)8-1-4-12-5-2-8/h1-7H,(H,14,15). The van der Waals surface area contributed by atoms with Crippen molar-refractivity contribution in [2.24, 2.45) is 0 Å². The highest BCUT2D eigenvalue weighted by Gasteiger charge is 2.05. The zero-order valence-electron chi connectivity index (χ0n) is 7.79. The number of pyridine rings is 2. The van der Waals surface area contributed by atoms with Crippen molar-refractivity contribution >= 4 is 5.97 Å². The maximum atomic E-state index is 10.7. The number of carbonyl (C=O) groups is 1. The molecule has 4 heteroatoms. The molecule has 2 rings (SSSR count). The predicted octanol–water partition coefficient (Wildman–Crippen LogP) is 1.84. The molecule has 0 saturated heterocycles. The van der Waals surface area contributed by atoms with E-state index in [0.717, 1.165) is 11.1 Å². The molecule has 0 fully saturated rings. The molecule has 0 aliphatic carbocycles. The second-order valence-electron chi connectivity index (χ2n) is 2.97. The number of aromatic nitrogens is 2. The number of rotatable bonds is 2. The van der Waals surface area contributed by atoms with Crippen molar-refractivity contribution in [3.63, 3.8) is 0 Å². The molecule has 0 unspecified atom stereocenters. The second-order valence-corrected chi connectivity index (χ2v) is 2.97. The summed E-state index contributed by atoms with van der Waals surface area (Å²) in [6, 6.07) is 6.95. The van der Waals surface area contributed by atoms with E-state index in [1.54, 1.807) is 18.5 Å². The van der Waals surface area contributed by atoms with Gasteiger partial charge in [-0.2, -0.15) is 0 Å². The minimum absolute atomic E-state index is 0.0457. The van der Waals surface area contributed by atoms with Gasteiger partial charge in [0.05, 0.1) is 0 Å². The van der Waals surface area contributed by atoms with Crippen LogP contribution in [0.1, 0.15) is 10.5 Å². The Hall–Kier alpha value is -2.23. The van der Waals surface area contributed by atoms with Gasteiger partial charge < -0.3 is 5.11 Å². The Morgan fingerprint density at radius 2 is 1.73 bits per heavy atom. The lowest BCUT2D eigenvalue weighted by Crippen LogP contribution is -1.99. The first kappa shape index (κ1) is 9.33. The van der Waals surface area contributed by atoms with Gasteiger partial charge in [0.2, 0.25) is 0 Å². The lowest BCUT2D eigenvalue weighted by atomic mass is 10.1. The maximum Gasteiger partial charge on any atom is 0.354 e. The van der Waals surface area contributed by atoms with Gasteiger partial charge in [-0.3, -0.25) is 4.98 Å². The van der Waals surface area contributed by atoms with E-state index in [4.69, 9.17) is 5.11 Å². The molecule has 4 nitrogen and oxygen atoms in total. The minimum Gasteiger partial charge on any atom is -0.477 e. The summed E-state index contributed by atoms with van der Waals surface area (Å²) in [4.78, 5) is 18.4. The van der Waals surface area contributed by atoms with Crippen molar-refractivity contribution in [3.05, 3.63) is 48.5 Å². The molecule has 0 radical (unpaired) electrons. The van der Waals surface area contributed by atoms with E-state index >= 15 is 0 Å². The van der Waals surface area contributed by atoms with Gasteiger partial charge in [-0.05, 0) is 35.4 Å². The Bertz CT molecular complexity index is 483. The summed E-state index contributed by atoms with van der Waals surface area (Å²) in [6.45, 7) is 0. The molecule has 2 aromatic rings. The molecule has 0 saturated carbocycles. The molecule has 0 bridgehead atoms. The van der Waals surface area contributed by atoms with Gasteiger partial charge in [0.15, 0.2) is 0 Å². The van der Waals surface area contributed by atoms with Crippen LogP contribution in [0.3, 0.4) is 0 Å². The zero-order chi connectivity index (χ0) is 10.7. The highest BCUT2D eigenvalue weighted by atomic mass is 16.4. The maximum absolute atomic E-state index is 10.7. The highest BCUT2D eigenvalue weighted by Crippen LogP contribution is 2.17. The van der Waals surface area contributed by atoms with Crippen LogP contribution in [-0.2, 0) is 0 Å². The number of carboxylic acids is 1. The Labute approximate surface area is 86.2 Å². The molecular weight excluding hydrogens is 192 g/mol. The fourth-order valence-electron chi connectivity index (χ4n) is 1.27. The number of nitrogens with zero attached hydrogens (tertiary/aromatic N) is 2. The Morgan fingerprint density at radius 1 is 1.07 bits per heavy atom. The molecular formula is C11H8N2O2. The number of aromatic carboxylic acids is 1. The van der Waals surface area contributed by atoms with Crippen molar-refractivity contribution in [2.75, 3.05) is 0 Å². The summed E-state index contributed by atoms with van der Waals surface area (Å²) in [5.41, 5.74) is 1.80. The van der Waals surface area contributed by atoms with E-state index in [1.807, 2.05) is 12.1 Å². The molecule has 0 aliphatic heterocycles. The molecule has 1 N–H and O–H groups in total. The van der Waals surface area contributed by atoms with E-state index in [9.17, 15) is 4.79 Å². The molecule has 2 aromatic heterocycles. The summed E-state index contributed by atoms with van der Waals surface area (Å²) >= 11 is 0. The van der Waals surface area contributed by atoms with Gasteiger partial charge in [0, 0.05) is 18.6 Å². The van der Waals surface area contributed by atoms with Crippen molar-refractivity contribution in [1.29, 1.82) is 0 Å². The Balaban J connectivity index is 2.46. The lowest BCUT2D eigenvalue weighted by Gasteiger charge is -2.01. The first-order chi connectivity index (χ1) is 7.27. The first-order valence-electron chi connectivity index (χ1n) is 4.37. The highest BCUT2D eigenvalue weighted by molar-refractivity contribution is 5.87. The molecule has 0 aliphatic rings.